The summed E-state index contributed by atoms with van der Waals surface area (Å²) >= 11 is 0. The van der Waals surface area contributed by atoms with E-state index in [2.05, 4.69) is 25.7 Å². The third kappa shape index (κ3) is 6.94. The summed E-state index contributed by atoms with van der Waals surface area (Å²) in [6.45, 7) is 15.0. The standard InChI is InChI=1S/C12H25N.C2H6/c1-4-12-6-9-13(10-7-12)8-5-11(2)3;1-2/h11-12H,4-10H2,1-3H3;1-2H3. The molecule has 0 unspecified atom stereocenters. The van der Waals surface area contributed by atoms with Gasteiger partial charge in [0.25, 0.3) is 0 Å². The van der Waals surface area contributed by atoms with Crippen molar-refractivity contribution in [3.05, 3.63) is 0 Å². The van der Waals surface area contributed by atoms with Crippen molar-refractivity contribution in [2.45, 2.75) is 60.3 Å². The molecule has 15 heavy (non-hydrogen) atoms. The van der Waals surface area contributed by atoms with Gasteiger partial charge in [-0.1, -0.05) is 41.0 Å². The molecule has 1 heteroatoms. The van der Waals surface area contributed by atoms with Crippen LogP contribution in [0.4, 0.5) is 0 Å². The Morgan fingerprint density at radius 3 is 2.07 bits per heavy atom. The van der Waals surface area contributed by atoms with Crippen LogP contribution in [0.2, 0.25) is 0 Å². The summed E-state index contributed by atoms with van der Waals surface area (Å²) in [5, 5.41) is 0. The van der Waals surface area contributed by atoms with Crippen molar-refractivity contribution in [3.63, 3.8) is 0 Å². The first-order valence-corrected chi connectivity index (χ1v) is 6.94. The second-order valence-corrected chi connectivity index (χ2v) is 4.88. The highest BCUT2D eigenvalue weighted by Crippen LogP contribution is 2.20. The van der Waals surface area contributed by atoms with Crippen LogP contribution in [0.5, 0.6) is 0 Å². The molecule has 1 rings (SSSR count). The van der Waals surface area contributed by atoms with Gasteiger partial charge in [-0.2, -0.15) is 0 Å². The number of rotatable bonds is 4. The number of hydrogen-bond acceptors (Lipinski definition) is 1. The largest absolute Gasteiger partial charge is 0.303 e. The zero-order valence-electron chi connectivity index (χ0n) is 11.6. The van der Waals surface area contributed by atoms with Crippen LogP contribution in [0.15, 0.2) is 0 Å². The fourth-order valence-corrected chi connectivity index (χ4v) is 2.06. The third-order valence-electron chi connectivity index (χ3n) is 3.31. The first-order valence-electron chi connectivity index (χ1n) is 6.94. The van der Waals surface area contributed by atoms with Gasteiger partial charge in [-0.3, -0.25) is 0 Å². The molecule has 1 fully saturated rings. The molecule has 0 amide bonds. The van der Waals surface area contributed by atoms with E-state index in [0.29, 0.717) is 0 Å². The van der Waals surface area contributed by atoms with E-state index in [1.54, 1.807) is 0 Å². The molecule has 0 aliphatic carbocycles. The molecule has 1 aliphatic rings. The Hall–Kier alpha value is -0.0400. The van der Waals surface area contributed by atoms with E-state index in [1.807, 2.05) is 13.8 Å². The lowest BCUT2D eigenvalue weighted by molar-refractivity contribution is 0.174. The number of nitrogens with zero attached hydrogens (tertiary/aromatic N) is 1. The molecule has 1 nitrogen and oxygen atoms in total. The van der Waals surface area contributed by atoms with Crippen molar-refractivity contribution >= 4 is 0 Å². The van der Waals surface area contributed by atoms with Crippen molar-refractivity contribution in [3.8, 4) is 0 Å². The molecule has 0 N–H and O–H groups in total. The molecule has 0 aromatic heterocycles. The SMILES string of the molecule is CC.CCC1CCN(CCC(C)C)CC1. The van der Waals surface area contributed by atoms with Gasteiger partial charge in [0.2, 0.25) is 0 Å². The van der Waals surface area contributed by atoms with Crippen molar-refractivity contribution in [1.29, 1.82) is 0 Å². The predicted molar refractivity (Wildman–Crippen MR) is 70.3 cm³/mol. The fraction of sp³-hybridized carbons (Fsp3) is 1.00. The first-order chi connectivity index (χ1) is 7.22. The van der Waals surface area contributed by atoms with Crippen LogP contribution in [-0.2, 0) is 0 Å². The van der Waals surface area contributed by atoms with Crippen LogP contribution < -0.4 is 0 Å². The van der Waals surface area contributed by atoms with E-state index < -0.39 is 0 Å². The van der Waals surface area contributed by atoms with E-state index in [9.17, 15) is 0 Å². The Balaban J connectivity index is 0.000000921. The molecule has 92 valence electrons. The van der Waals surface area contributed by atoms with Crippen LogP contribution in [-0.4, -0.2) is 24.5 Å². The van der Waals surface area contributed by atoms with E-state index in [4.69, 9.17) is 0 Å². The lowest BCUT2D eigenvalue weighted by Gasteiger charge is -2.31. The number of piperidine rings is 1. The van der Waals surface area contributed by atoms with Crippen LogP contribution in [0.3, 0.4) is 0 Å². The quantitative estimate of drug-likeness (QED) is 0.677. The highest BCUT2D eigenvalue weighted by Gasteiger charge is 2.17. The summed E-state index contributed by atoms with van der Waals surface area (Å²) in [6.07, 6.45) is 5.64. The maximum atomic E-state index is 2.64. The van der Waals surface area contributed by atoms with Gasteiger partial charge in [0.15, 0.2) is 0 Å². The first kappa shape index (κ1) is 15.0. The van der Waals surface area contributed by atoms with Crippen LogP contribution in [0.1, 0.15) is 60.3 Å². The highest BCUT2D eigenvalue weighted by atomic mass is 15.1. The third-order valence-corrected chi connectivity index (χ3v) is 3.31. The normalized spacial score (nSPS) is 18.8. The molecule has 0 atom stereocenters. The lowest BCUT2D eigenvalue weighted by Crippen LogP contribution is -2.34. The molecule has 0 bridgehead atoms. The van der Waals surface area contributed by atoms with Gasteiger partial charge in [0.05, 0.1) is 0 Å². The minimum Gasteiger partial charge on any atom is -0.303 e. The second kappa shape index (κ2) is 9.21. The Kier molecular flexibility index (Phi) is 9.18. The van der Waals surface area contributed by atoms with Gasteiger partial charge in [0, 0.05) is 0 Å². The molecule has 1 heterocycles. The van der Waals surface area contributed by atoms with Crippen molar-refractivity contribution < 1.29 is 0 Å². The Morgan fingerprint density at radius 1 is 1.13 bits per heavy atom. The second-order valence-electron chi connectivity index (χ2n) is 4.88. The van der Waals surface area contributed by atoms with E-state index in [1.165, 1.54) is 45.3 Å². The summed E-state index contributed by atoms with van der Waals surface area (Å²) in [4.78, 5) is 2.64. The smallest absolute Gasteiger partial charge is 0.00161 e. The van der Waals surface area contributed by atoms with Crippen molar-refractivity contribution in [2.75, 3.05) is 19.6 Å². The van der Waals surface area contributed by atoms with E-state index in [0.717, 1.165) is 11.8 Å². The minimum atomic E-state index is 0.865. The molecule has 0 aromatic rings. The summed E-state index contributed by atoms with van der Waals surface area (Å²) in [5.74, 6) is 1.89. The number of likely N-dealkylation sites (tertiary alicyclic amines) is 1. The molecule has 0 radical (unpaired) electrons. The predicted octanol–water partition coefficient (Wildman–Crippen LogP) is 4.18. The average Bonchev–Trinajstić information content (AvgIpc) is 2.30. The zero-order chi connectivity index (χ0) is 11.7. The fourth-order valence-electron chi connectivity index (χ4n) is 2.06. The van der Waals surface area contributed by atoms with Crippen LogP contribution in [0, 0.1) is 11.8 Å². The monoisotopic (exact) mass is 213 g/mol. The topological polar surface area (TPSA) is 3.24 Å². The molecular formula is C14H31N. The number of hydrogen-bond donors (Lipinski definition) is 0. The van der Waals surface area contributed by atoms with Gasteiger partial charge in [-0.25, -0.2) is 0 Å². The molecule has 0 spiro atoms. The van der Waals surface area contributed by atoms with Gasteiger partial charge in [-0.05, 0) is 50.7 Å². The summed E-state index contributed by atoms with van der Waals surface area (Å²) in [5.41, 5.74) is 0. The van der Waals surface area contributed by atoms with Crippen molar-refractivity contribution in [2.24, 2.45) is 11.8 Å². The molecule has 1 aliphatic heterocycles. The van der Waals surface area contributed by atoms with E-state index in [-0.39, 0.29) is 0 Å². The summed E-state index contributed by atoms with van der Waals surface area (Å²) < 4.78 is 0. The van der Waals surface area contributed by atoms with Gasteiger partial charge in [0.1, 0.15) is 0 Å². The van der Waals surface area contributed by atoms with Crippen molar-refractivity contribution in [1.82, 2.24) is 4.90 Å². The maximum Gasteiger partial charge on any atom is -0.00161 e. The van der Waals surface area contributed by atoms with E-state index >= 15 is 0 Å². The Labute approximate surface area is 97.2 Å². The lowest BCUT2D eigenvalue weighted by atomic mass is 9.94. The van der Waals surface area contributed by atoms with Crippen LogP contribution >= 0.6 is 0 Å². The molecule has 0 aromatic carbocycles. The zero-order valence-corrected chi connectivity index (χ0v) is 11.6. The maximum absolute atomic E-state index is 2.64. The average molecular weight is 213 g/mol. The van der Waals surface area contributed by atoms with Crippen LogP contribution in [0.25, 0.3) is 0 Å². The molecule has 1 saturated heterocycles. The Morgan fingerprint density at radius 2 is 1.67 bits per heavy atom. The highest BCUT2D eigenvalue weighted by molar-refractivity contribution is 4.71. The summed E-state index contributed by atoms with van der Waals surface area (Å²) in [6, 6.07) is 0. The van der Waals surface area contributed by atoms with Gasteiger partial charge >= 0.3 is 0 Å². The molecular weight excluding hydrogens is 182 g/mol. The molecule has 0 saturated carbocycles. The van der Waals surface area contributed by atoms with Gasteiger partial charge in [-0.15, -0.1) is 0 Å². The van der Waals surface area contributed by atoms with Gasteiger partial charge < -0.3 is 4.90 Å². The Bertz CT molecular complexity index is 123. The minimum absolute atomic E-state index is 0.865. The summed E-state index contributed by atoms with van der Waals surface area (Å²) in [7, 11) is 0.